The molecule has 2 nitrogen and oxygen atoms in total. The van der Waals surface area contributed by atoms with E-state index in [1.807, 2.05) is 6.07 Å². The van der Waals surface area contributed by atoms with Gasteiger partial charge in [-0.1, -0.05) is 23.7 Å². The molecule has 2 rings (SSSR count). The number of hydrogen-bond donors (Lipinski definition) is 0. The molecule has 1 aromatic carbocycles. The number of ether oxygens (including phenoxy) is 1. The Kier molecular flexibility index (Phi) is 6.44. The number of hydrogen-bond acceptors (Lipinski definition) is 2. The van der Waals surface area contributed by atoms with Crippen LogP contribution in [0, 0.1) is 11.7 Å². The molecule has 0 aromatic heterocycles. The van der Waals surface area contributed by atoms with Gasteiger partial charge < -0.3 is 4.74 Å². The fourth-order valence-electron chi connectivity index (χ4n) is 2.94. The lowest BCUT2D eigenvalue weighted by atomic mass is 9.84. The van der Waals surface area contributed by atoms with Gasteiger partial charge in [-0.05, 0) is 69.1 Å². The predicted molar refractivity (Wildman–Crippen MR) is 86.4 cm³/mol. The molecule has 0 amide bonds. The van der Waals surface area contributed by atoms with Gasteiger partial charge in [0, 0.05) is 6.08 Å². The molecule has 0 heterocycles. The minimum atomic E-state index is -0.348. The Bertz CT molecular complexity index is 534. The monoisotopic (exact) mass is 324 g/mol. The van der Waals surface area contributed by atoms with E-state index in [0.717, 1.165) is 44.1 Å². The summed E-state index contributed by atoms with van der Waals surface area (Å²) in [4.78, 5) is 11.4. The van der Waals surface area contributed by atoms with E-state index in [9.17, 15) is 9.18 Å². The van der Waals surface area contributed by atoms with Crippen LogP contribution in [-0.4, -0.2) is 12.1 Å². The van der Waals surface area contributed by atoms with Crippen molar-refractivity contribution in [1.82, 2.24) is 0 Å². The third kappa shape index (κ3) is 5.13. The van der Waals surface area contributed by atoms with Crippen LogP contribution < -0.4 is 0 Å². The lowest BCUT2D eigenvalue weighted by Gasteiger charge is -2.28. The average Bonchev–Trinajstić information content (AvgIpc) is 2.50. The molecule has 0 N–H and O–H groups in total. The zero-order valence-corrected chi connectivity index (χ0v) is 13.6. The van der Waals surface area contributed by atoms with Crippen LogP contribution in [0.2, 0.25) is 5.02 Å². The number of halogens is 2. The van der Waals surface area contributed by atoms with E-state index in [1.165, 1.54) is 12.1 Å². The summed E-state index contributed by atoms with van der Waals surface area (Å²) in [5.41, 5.74) is 0.989. The summed E-state index contributed by atoms with van der Waals surface area (Å²) in [7, 11) is 0. The normalized spacial score (nSPS) is 22.0. The van der Waals surface area contributed by atoms with Gasteiger partial charge in [0.2, 0.25) is 0 Å². The van der Waals surface area contributed by atoms with Gasteiger partial charge in [0.1, 0.15) is 11.9 Å². The fraction of sp³-hybridized carbons (Fsp3) is 0.500. The minimum Gasteiger partial charge on any atom is -0.459 e. The topological polar surface area (TPSA) is 26.3 Å². The third-order valence-electron chi connectivity index (χ3n) is 4.20. The first-order valence-corrected chi connectivity index (χ1v) is 8.23. The molecule has 0 atom stereocenters. The van der Waals surface area contributed by atoms with Crippen molar-refractivity contribution in [3.8, 4) is 0 Å². The molecule has 0 saturated heterocycles. The molecule has 1 aliphatic carbocycles. The van der Waals surface area contributed by atoms with Crippen LogP contribution in [0.1, 0.15) is 44.6 Å². The van der Waals surface area contributed by atoms with Crippen molar-refractivity contribution < 1.29 is 13.9 Å². The Hall–Kier alpha value is -1.35. The molecule has 120 valence electrons. The van der Waals surface area contributed by atoms with Gasteiger partial charge in [0.25, 0.3) is 0 Å². The van der Waals surface area contributed by atoms with Crippen molar-refractivity contribution in [3.63, 3.8) is 0 Å². The largest absolute Gasteiger partial charge is 0.459 e. The highest BCUT2D eigenvalue weighted by Crippen LogP contribution is 2.30. The Morgan fingerprint density at radius 1 is 1.36 bits per heavy atom. The molecule has 1 aromatic rings. The number of rotatable bonds is 5. The highest BCUT2D eigenvalue weighted by molar-refractivity contribution is 6.30. The van der Waals surface area contributed by atoms with Crippen LogP contribution in [-0.2, 0) is 16.0 Å². The second-order valence-corrected chi connectivity index (χ2v) is 6.27. The van der Waals surface area contributed by atoms with E-state index in [1.54, 1.807) is 19.1 Å². The van der Waals surface area contributed by atoms with Crippen LogP contribution in [0.3, 0.4) is 0 Å². The minimum absolute atomic E-state index is 0.0490. The number of benzene rings is 1. The number of esters is 1. The molecule has 0 unspecified atom stereocenters. The molecule has 0 radical (unpaired) electrons. The SMILES string of the molecule is CC=CC(=O)OC1CCC(CCc2ccc(Cl)c(F)c2)CC1. The van der Waals surface area contributed by atoms with E-state index in [2.05, 4.69) is 0 Å². The number of allylic oxidation sites excluding steroid dienone is 1. The Morgan fingerprint density at radius 2 is 2.09 bits per heavy atom. The fourth-order valence-corrected chi connectivity index (χ4v) is 3.06. The summed E-state index contributed by atoms with van der Waals surface area (Å²) in [6.07, 6.45) is 9.06. The molecule has 1 aliphatic rings. The van der Waals surface area contributed by atoms with Crippen molar-refractivity contribution >= 4 is 17.6 Å². The van der Waals surface area contributed by atoms with Crippen molar-refractivity contribution in [1.29, 1.82) is 0 Å². The van der Waals surface area contributed by atoms with Gasteiger partial charge in [0.15, 0.2) is 0 Å². The van der Waals surface area contributed by atoms with Crippen molar-refractivity contribution in [3.05, 3.63) is 46.8 Å². The molecule has 0 aliphatic heterocycles. The third-order valence-corrected chi connectivity index (χ3v) is 4.51. The summed E-state index contributed by atoms with van der Waals surface area (Å²) in [6.45, 7) is 1.80. The molecule has 0 spiro atoms. The number of aryl methyl sites for hydroxylation is 1. The second-order valence-electron chi connectivity index (χ2n) is 5.87. The van der Waals surface area contributed by atoms with Gasteiger partial charge in [-0.3, -0.25) is 0 Å². The summed E-state index contributed by atoms with van der Waals surface area (Å²) >= 11 is 5.69. The summed E-state index contributed by atoms with van der Waals surface area (Å²) in [5, 5.41) is 0.173. The van der Waals surface area contributed by atoms with Crippen LogP contribution in [0.25, 0.3) is 0 Å². The summed E-state index contributed by atoms with van der Waals surface area (Å²) < 4.78 is 18.8. The van der Waals surface area contributed by atoms with Gasteiger partial charge in [-0.2, -0.15) is 0 Å². The number of carbonyl (C=O) groups is 1. The first kappa shape index (κ1) is 17.0. The standard InChI is InChI=1S/C18H22ClFO2/c1-2-3-18(21)22-15-9-6-13(7-10-15)4-5-14-8-11-16(19)17(20)12-14/h2-3,8,11-13,15H,4-7,9-10H2,1H3. The maximum Gasteiger partial charge on any atom is 0.330 e. The van der Waals surface area contributed by atoms with Gasteiger partial charge in [0.05, 0.1) is 5.02 Å². The summed E-state index contributed by atoms with van der Waals surface area (Å²) in [5.74, 6) is 0.0248. The zero-order chi connectivity index (χ0) is 15.9. The van der Waals surface area contributed by atoms with E-state index < -0.39 is 0 Å². The van der Waals surface area contributed by atoms with Crippen LogP contribution in [0.15, 0.2) is 30.4 Å². The molecule has 1 saturated carbocycles. The first-order chi connectivity index (χ1) is 10.6. The van der Waals surface area contributed by atoms with Crippen LogP contribution in [0.4, 0.5) is 4.39 Å². The highest BCUT2D eigenvalue weighted by Gasteiger charge is 2.23. The molecular formula is C18H22ClFO2. The Labute approximate surface area is 136 Å². The second kappa shape index (κ2) is 8.33. The smallest absolute Gasteiger partial charge is 0.330 e. The lowest BCUT2D eigenvalue weighted by Crippen LogP contribution is -2.24. The van der Waals surface area contributed by atoms with Crippen molar-refractivity contribution in [2.75, 3.05) is 0 Å². The van der Waals surface area contributed by atoms with E-state index in [0.29, 0.717) is 5.92 Å². The van der Waals surface area contributed by atoms with Crippen LogP contribution >= 0.6 is 11.6 Å². The van der Waals surface area contributed by atoms with Crippen molar-refractivity contribution in [2.24, 2.45) is 5.92 Å². The maximum absolute atomic E-state index is 13.4. The van der Waals surface area contributed by atoms with Gasteiger partial charge >= 0.3 is 5.97 Å². The predicted octanol–water partition coefficient (Wildman–Crippen LogP) is 5.09. The lowest BCUT2D eigenvalue weighted by molar-refractivity contribution is -0.144. The Morgan fingerprint density at radius 3 is 2.73 bits per heavy atom. The Balaban J connectivity index is 1.73. The van der Waals surface area contributed by atoms with E-state index >= 15 is 0 Å². The van der Waals surface area contributed by atoms with Gasteiger partial charge in [-0.25, -0.2) is 9.18 Å². The molecular weight excluding hydrogens is 303 g/mol. The molecule has 1 fully saturated rings. The summed E-state index contributed by atoms with van der Waals surface area (Å²) in [6, 6.07) is 5.02. The molecule has 4 heteroatoms. The zero-order valence-electron chi connectivity index (χ0n) is 12.9. The number of carbonyl (C=O) groups excluding carboxylic acids is 1. The molecule has 0 bridgehead atoms. The van der Waals surface area contributed by atoms with Crippen molar-refractivity contribution in [2.45, 2.75) is 51.6 Å². The van der Waals surface area contributed by atoms with Gasteiger partial charge in [-0.15, -0.1) is 0 Å². The highest BCUT2D eigenvalue weighted by atomic mass is 35.5. The average molecular weight is 325 g/mol. The maximum atomic E-state index is 13.4. The quantitative estimate of drug-likeness (QED) is 0.557. The van der Waals surface area contributed by atoms with Crippen LogP contribution in [0.5, 0.6) is 0 Å². The first-order valence-electron chi connectivity index (χ1n) is 7.85. The molecule has 22 heavy (non-hydrogen) atoms. The van der Waals surface area contributed by atoms with E-state index in [4.69, 9.17) is 16.3 Å². The van der Waals surface area contributed by atoms with E-state index in [-0.39, 0.29) is 22.9 Å².